The molecule has 1 aliphatic heterocycles. The van der Waals surface area contributed by atoms with Gasteiger partial charge in [-0.15, -0.1) is 24.0 Å². The van der Waals surface area contributed by atoms with Crippen LogP contribution in [0.25, 0.3) is 0 Å². The van der Waals surface area contributed by atoms with E-state index in [1.807, 2.05) is 18.2 Å². The number of ether oxygens (including phenoxy) is 2. The summed E-state index contributed by atoms with van der Waals surface area (Å²) in [5.74, 6) is 0.791. The van der Waals surface area contributed by atoms with Gasteiger partial charge in [-0.1, -0.05) is 30.3 Å². The van der Waals surface area contributed by atoms with Crippen LogP contribution in [0, 0.1) is 0 Å². The lowest BCUT2D eigenvalue weighted by molar-refractivity contribution is -0.0855. The van der Waals surface area contributed by atoms with Gasteiger partial charge in [-0.05, 0) is 12.5 Å². The molecule has 2 rings (SSSR count). The van der Waals surface area contributed by atoms with Gasteiger partial charge in [-0.25, -0.2) is 0 Å². The Kier molecular flexibility index (Phi) is 8.86. The van der Waals surface area contributed by atoms with Crippen LogP contribution >= 0.6 is 24.0 Å². The number of hydrogen-bond acceptors (Lipinski definition) is 3. The lowest BCUT2D eigenvalue weighted by atomic mass is 9.94. The minimum absolute atomic E-state index is 0. The number of nitrogens with one attached hydrogen (secondary N) is 2. The van der Waals surface area contributed by atoms with Crippen molar-refractivity contribution in [1.82, 2.24) is 10.6 Å². The second kappa shape index (κ2) is 10.1. The standard InChI is InChI=1S/C17H27N3O2.HI/c1-14(15-7-5-4-6-8-15)20-16(18-2)19-13-17(21-3)9-11-22-12-10-17;/h4-8,14H,9-13H2,1-3H3,(H2,18,19,20);1H. The maximum atomic E-state index is 5.74. The van der Waals surface area contributed by atoms with Crippen LogP contribution < -0.4 is 10.6 Å². The first kappa shape index (κ1) is 20.2. The predicted molar refractivity (Wildman–Crippen MR) is 105 cm³/mol. The topological polar surface area (TPSA) is 54.9 Å². The summed E-state index contributed by atoms with van der Waals surface area (Å²) < 4.78 is 11.2. The van der Waals surface area contributed by atoms with Gasteiger partial charge in [-0.2, -0.15) is 0 Å². The molecule has 1 aliphatic rings. The van der Waals surface area contributed by atoms with Crippen LogP contribution in [0.3, 0.4) is 0 Å². The zero-order valence-corrected chi connectivity index (χ0v) is 16.5. The smallest absolute Gasteiger partial charge is 0.191 e. The monoisotopic (exact) mass is 433 g/mol. The van der Waals surface area contributed by atoms with Gasteiger partial charge in [0.15, 0.2) is 5.96 Å². The third-order valence-electron chi connectivity index (χ3n) is 4.29. The van der Waals surface area contributed by atoms with E-state index in [2.05, 4.69) is 34.7 Å². The van der Waals surface area contributed by atoms with Crippen LogP contribution in [0.1, 0.15) is 31.4 Å². The fraction of sp³-hybridized carbons (Fsp3) is 0.588. The Morgan fingerprint density at radius 3 is 2.52 bits per heavy atom. The quantitative estimate of drug-likeness (QED) is 0.426. The molecule has 1 aromatic rings. The lowest BCUT2D eigenvalue weighted by Crippen LogP contribution is -2.51. The van der Waals surface area contributed by atoms with Crippen molar-refractivity contribution in [2.75, 3.05) is 33.9 Å². The molecule has 2 N–H and O–H groups in total. The predicted octanol–water partition coefficient (Wildman–Crippen LogP) is 2.73. The molecule has 1 atom stereocenters. The molecule has 0 aliphatic carbocycles. The average Bonchev–Trinajstić information content (AvgIpc) is 2.60. The zero-order chi connectivity index (χ0) is 15.8. The van der Waals surface area contributed by atoms with Crippen LogP contribution in [0.15, 0.2) is 35.3 Å². The SMILES string of the molecule is CN=C(NCC1(OC)CCOCC1)NC(C)c1ccccc1.I. The van der Waals surface area contributed by atoms with Gasteiger partial charge in [0, 0.05) is 46.8 Å². The molecule has 1 heterocycles. The molecule has 1 unspecified atom stereocenters. The second-order valence-electron chi connectivity index (χ2n) is 5.70. The summed E-state index contributed by atoms with van der Waals surface area (Å²) in [6, 6.07) is 10.5. The third-order valence-corrected chi connectivity index (χ3v) is 4.29. The maximum Gasteiger partial charge on any atom is 0.191 e. The van der Waals surface area contributed by atoms with E-state index in [1.165, 1.54) is 5.56 Å². The van der Waals surface area contributed by atoms with Crippen molar-refractivity contribution in [3.8, 4) is 0 Å². The summed E-state index contributed by atoms with van der Waals surface area (Å²) in [6.45, 7) is 4.36. The summed E-state index contributed by atoms with van der Waals surface area (Å²) in [5.41, 5.74) is 1.07. The van der Waals surface area contributed by atoms with Crippen molar-refractivity contribution >= 4 is 29.9 Å². The number of rotatable bonds is 5. The van der Waals surface area contributed by atoms with Crippen molar-refractivity contribution < 1.29 is 9.47 Å². The van der Waals surface area contributed by atoms with Crippen LogP contribution in [-0.4, -0.2) is 45.5 Å². The summed E-state index contributed by atoms with van der Waals surface area (Å²) in [5, 5.41) is 6.81. The molecule has 0 amide bonds. The number of benzene rings is 1. The van der Waals surface area contributed by atoms with Crippen molar-refractivity contribution in [3.63, 3.8) is 0 Å². The summed E-state index contributed by atoms with van der Waals surface area (Å²) in [6.07, 6.45) is 1.81. The highest BCUT2D eigenvalue weighted by atomic mass is 127. The van der Waals surface area contributed by atoms with E-state index in [0.717, 1.165) is 38.6 Å². The van der Waals surface area contributed by atoms with Crippen LogP contribution in [-0.2, 0) is 9.47 Å². The average molecular weight is 433 g/mol. The van der Waals surface area contributed by atoms with Crippen molar-refractivity contribution in [2.24, 2.45) is 4.99 Å². The molecular weight excluding hydrogens is 405 g/mol. The van der Waals surface area contributed by atoms with Gasteiger partial charge in [0.05, 0.1) is 11.6 Å². The van der Waals surface area contributed by atoms with E-state index in [9.17, 15) is 0 Å². The Bertz CT molecular complexity index is 476. The second-order valence-corrected chi connectivity index (χ2v) is 5.70. The molecular formula is C17H28IN3O2. The first-order valence-electron chi connectivity index (χ1n) is 7.84. The number of halogens is 1. The van der Waals surface area contributed by atoms with E-state index < -0.39 is 0 Å². The van der Waals surface area contributed by atoms with Crippen molar-refractivity contribution in [2.45, 2.75) is 31.4 Å². The molecule has 1 fully saturated rings. The first-order valence-corrected chi connectivity index (χ1v) is 7.84. The van der Waals surface area contributed by atoms with Gasteiger partial charge < -0.3 is 20.1 Å². The molecule has 1 saturated heterocycles. The third kappa shape index (κ3) is 5.93. The minimum Gasteiger partial charge on any atom is -0.381 e. The van der Waals surface area contributed by atoms with E-state index in [-0.39, 0.29) is 35.6 Å². The Hall–Kier alpha value is -0.860. The Morgan fingerprint density at radius 1 is 1.30 bits per heavy atom. The van der Waals surface area contributed by atoms with Gasteiger partial charge in [0.25, 0.3) is 0 Å². The molecule has 23 heavy (non-hydrogen) atoms. The fourth-order valence-corrected chi connectivity index (χ4v) is 2.67. The lowest BCUT2D eigenvalue weighted by Gasteiger charge is -2.36. The molecule has 0 saturated carbocycles. The molecule has 0 radical (unpaired) electrons. The molecule has 5 nitrogen and oxygen atoms in total. The number of hydrogen-bond donors (Lipinski definition) is 2. The highest BCUT2D eigenvalue weighted by Gasteiger charge is 2.32. The summed E-state index contributed by atoms with van der Waals surface area (Å²) in [7, 11) is 3.56. The van der Waals surface area contributed by atoms with Gasteiger partial charge in [-0.3, -0.25) is 4.99 Å². The largest absolute Gasteiger partial charge is 0.381 e. The van der Waals surface area contributed by atoms with Crippen LogP contribution in [0.5, 0.6) is 0 Å². The molecule has 6 heteroatoms. The van der Waals surface area contributed by atoms with Gasteiger partial charge >= 0.3 is 0 Å². The highest BCUT2D eigenvalue weighted by molar-refractivity contribution is 14.0. The Labute approximate surface area is 156 Å². The van der Waals surface area contributed by atoms with Gasteiger partial charge in [0.1, 0.15) is 0 Å². The highest BCUT2D eigenvalue weighted by Crippen LogP contribution is 2.23. The number of guanidine groups is 1. The normalized spacial score (nSPS) is 18.7. The minimum atomic E-state index is -0.161. The van der Waals surface area contributed by atoms with E-state index in [4.69, 9.17) is 9.47 Å². The van der Waals surface area contributed by atoms with Crippen LogP contribution in [0.2, 0.25) is 0 Å². The molecule has 0 bridgehead atoms. The van der Waals surface area contributed by atoms with Gasteiger partial charge in [0.2, 0.25) is 0 Å². The zero-order valence-electron chi connectivity index (χ0n) is 14.2. The van der Waals surface area contributed by atoms with E-state index >= 15 is 0 Å². The van der Waals surface area contributed by atoms with Crippen LogP contribution in [0.4, 0.5) is 0 Å². The maximum absolute atomic E-state index is 5.74. The number of aliphatic imine (C=N–C) groups is 1. The summed E-state index contributed by atoms with van der Waals surface area (Å²) >= 11 is 0. The molecule has 130 valence electrons. The molecule has 0 spiro atoms. The molecule has 0 aromatic heterocycles. The van der Waals surface area contributed by atoms with E-state index in [0.29, 0.717) is 0 Å². The first-order chi connectivity index (χ1) is 10.7. The summed E-state index contributed by atoms with van der Waals surface area (Å²) in [4.78, 5) is 4.31. The Morgan fingerprint density at radius 2 is 1.96 bits per heavy atom. The number of methoxy groups -OCH3 is 1. The van der Waals surface area contributed by atoms with Crippen molar-refractivity contribution in [1.29, 1.82) is 0 Å². The van der Waals surface area contributed by atoms with E-state index in [1.54, 1.807) is 14.2 Å². The Balaban J connectivity index is 0.00000264. The van der Waals surface area contributed by atoms with Crippen molar-refractivity contribution in [3.05, 3.63) is 35.9 Å². The number of nitrogens with zero attached hydrogens (tertiary/aromatic N) is 1. The fourth-order valence-electron chi connectivity index (χ4n) is 2.67. The molecule has 1 aromatic carbocycles.